The zero-order valence-corrected chi connectivity index (χ0v) is 21.6. The summed E-state index contributed by atoms with van der Waals surface area (Å²) in [6.07, 6.45) is 0. The molecule has 36 heavy (non-hydrogen) atoms. The summed E-state index contributed by atoms with van der Waals surface area (Å²) in [5.41, 5.74) is -0.683. The van der Waals surface area contributed by atoms with E-state index in [2.05, 4.69) is 0 Å². The first-order valence-electron chi connectivity index (χ1n) is 10.6. The van der Waals surface area contributed by atoms with E-state index in [1.54, 1.807) is 24.3 Å². The van der Waals surface area contributed by atoms with Crippen molar-refractivity contribution in [3.8, 4) is 34.5 Å². The first kappa shape index (κ1) is 26.5. The summed E-state index contributed by atoms with van der Waals surface area (Å²) in [5, 5.41) is 0.0364. The van der Waals surface area contributed by atoms with Crippen LogP contribution in [-0.4, -0.2) is 54.0 Å². The van der Waals surface area contributed by atoms with E-state index in [4.69, 9.17) is 28.4 Å². The Labute approximate surface area is 209 Å². The number of hydrogen-bond donors (Lipinski definition) is 0. The van der Waals surface area contributed by atoms with E-state index < -0.39 is 19.1 Å². The Kier molecular flexibility index (Phi) is 8.51. The molecular weight excluding hydrogens is 487 g/mol. The summed E-state index contributed by atoms with van der Waals surface area (Å²) in [6, 6.07) is 12.3. The maximum absolute atomic E-state index is 13.8. The van der Waals surface area contributed by atoms with Crippen molar-refractivity contribution >= 4 is 24.4 Å². The van der Waals surface area contributed by atoms with Crippen LogP contribution >= 0.6 is 7.80 Å². The molecule has 0 bridgehead atoms. The highest BCUT2D eigenvalue weighted by Gasteiger charge is 2.41. The molecular formula is C26H26O9P+. The Bertz CT molecular complexity index is 1290. The second kappa shape index (κ2) is 11.6. The molecule has 0 saturated heterocycles. The third-order valence-electron chi connectivity index (χ3n) is 5.44. The minimum atomic E-state index is -2.78. The molecule has 3 aromatic carbocycles. The summed E-state index contributed by atoms with van der Waals surface area (Å²) in [4.78, 5) is 27.3. The highest BCUT2D eigenvalue weighted by atomic mass is 31.1. The van der Waals surface area contributed by atoms with Gasteiger partial charge in [-0.05, 0) is 24.3 Å². The number of ether oxygens (including phenoxy) is 6. The second-order valence-corrected chi connectivity index (χ2v) is 8.71. The molecule has 3 rings (SSSR count). The van der Waals surface area contributed by atoms with Gasteiger partial charge in [0.15, 0.2) is 17.1 Å². The zero-order valence-electron chi connectivity index (χ0n) is 20.7. The zero-order chi connectivity index (χ0) is 26.4. The molecule has 0 aromatic heterocycles. The number of rotatable bonds is 11. The third-order valence-corrected chi connectivity index (χ3v) is 6.86. The Morgan fingerprint density at radius 3 is 1.72 bits per heavy atom. The van der Waals surface area contributed by atoms with Crippen molar-refractivity contribution < 1.29 is 42.6 Å². The molecule has 10 heteroatoms. The smallest absolute Gasteiger partial charge is 0.459 e. The van der Waals surface area contributed by atoms with E-state index in [0.29, 0.717) is 11.5 Å². The van der Waals surface area contributed by atoms with E-state index in [1.165, 1.54) is 66.9 Å². The van der Waals surface area contributed by atoms with Crippen molar-refractivity contribution in [1.29, 1.82) is 0 Å². The van der Waals surface area contributed by atoms with Crippen molar-refractivity contribution in [3.05, 3.63) is 65.2 Å². The Hall–Kier alpha value is -4.10. The molecule has 0 N–H and O–H groups in total. The number of carbonyl (C=O) groups is 2. The quantitative estimate of drug-likeness (QED) is 0.275. The molecule has 0 spiro atoms. The molecule has 0 fully saturated rings. The lowest BCUT2D eigenvalue weighted by molar-refractivity contribution is 0.103. The van der Waals surface area contributed by atoms with Gasteiger partial charge in [-0.2, -0.15) is 0 Å². The van der Waals surface area contributed by atoms with Gasteiger partial charge in [0.05, 0.1) is 48.2 Å². The lowest BCUT2D eigenvalue weighted by atomic mass is 10.0. The number of ketones is 1. The molecule has 0 radical (unpaired) electrons. The Morgan fingerprint density at radius 2 is 1.19 bits per heavy atom. The molecule has 1 unspecified atom stereocenters. The molecule has 1 atom stereocenters. The van der Waals surface area contributed by atoms with Crippen LogP contribution in [0.1, 0.15) is 26.3 Å². The van der Waals surface area contributed by atoms with Gasteiger partial charge in [0.2, 0.25) is 11.1 Å². The van der Waals surface area contributed by atoms with Gasteiger partial charge in [0.1, 0.15) is 28.6 Å². The molecule has 0 saturated carbocycles. The van der Waals surface area contributed by atoms with Gasteiger partial charge in [-0.25, -0.2) is 4.79 Å². The van der Waals surface area contributed by atoms with Crippen LogP contribution in [0.15, 0.2) is 48.5 Å². The molecule has 3 aromatic rings. The van der Waals surface area contributed by atoms with Gasteiger partial charge in [-0.3, -0.25) is 4.79 Å². The van der Waals surface area contributed by atoms with Crippen LogP contribution < -0.4 is 33.7 Å². The van der Waals surface area contributed by atoms with E-state index in [1.807, 2.05) is 0 Å². The average molecular weight is 513 g/mol. The van der Waals surface area contributed by atoms with E-state index in [0.717, 1.165) is 0 Å². The van der Waals surface area contributed by atoms with Crippen LogP contribution in [0.4, 0.5) is 0 Å². The summed E-state index contributed by atoms with van der Waals surface area (Å²) < 4.78 is 45.7. The molecule has 0 amide bonds. The van der Waals surface area contributed by atoms with E-state index >= 15 is 0 Å². The minimum Gasteiger partial charge on any atom is -0.496 e. The van der Waals surface area contributed by atoms with Crippen LogP contribution in [0, 0.1) is 0 Å². The van der Waals surface area contributed by atoms with Crippen LogP contribution in [0.2, 0.25) is 0 Å². The van der Waals surface area contributed by atoms with Crippen LogP contribution in [-0.2, 0) is 4.57 Å². The highest BCUT2D eigenvalue weighted by Crippen LogP contribution is 2.42. The van der Waals surface area contributed by atoms with Crippen molar-refractivity contribution in [1.82, 2.24) is 0 Å². The maximum Gasteiger partial charge on any atom is 0.459 e. The third kappa shape index (κ3) is 4.83. The molecule has 0 heterocycles. The van der Waals surface area contributed by atoms with Crippen molar-refractivity contribution in [3.63, 3.8) is 0 Å². The van der Waals surface area contributed by atoms with Gasteiger partial charge in [-0.1, -0.05) is 16.7 Å². The average Bonchev–Trinajstić information content (AvgIpc) is 2.93. The first-order chi connectivity index (χ1) is 17.4. The SMILES string of the molecule is COc1cc(OC)c(C(=O)[P+](=O)c2ccccc2C(=O)c2c(OC)ccc(OC)c2OC)c(OC)c1. The normalized spacial score (nSPS) is 10.8. The van der Waals surface area contributed by atoms with Gasteiger partial charge in [-0.15, -0.1) is 0 Å². The lowest BCUT2D eigenvalue weighted by Gasteiger charge is -2.15. The van der Waals surface area contributed by atoms with Crippen molar-refractivity contribution in [2.75, 3.05) is 42.7 Å². The van der Waals surface area contributed by atoms with Gasteiger partial charge >= 0.3 is 13.3 Å². The van der Waals surface area contributed by atoms with Crippen LogP contribution in [0.3, 0.4) is 0 Å². The predicted molar refractivity (Wildman–Crippen MR) is 134 cm³/mol. The highest BCUT2D eigenvalue weighted by molar-refractivity contribution is 7.71. The Morgan fingerprint density at radius 1 is 0.639 bits per heavy atom. The first-order valence-corrected chi connectivity index (χ1v) is 11.9. The summed E-state index contributed by atoms with van der Waals surface area (Å²) in [5.74, 6) is 0.779. The number of methoxy groups -OCH3 is 6. The number of carbonyl (C=O) groups excluding carboxylic acids is 2. The van der Waals surface area contributed by atoms with Crippen LogP contribution in [0.25, 0.3) is 0 Å². The molecule has 9 nitrogen and oxygen atoms in total. The molecule has 0 aliphatic rings. The van der Waals surface area contributed by atoms with Gasteiger partial charge in [0.25, 0.3) is 0 Å². The number of benzene rings is 3. The van der Waals surface area contributed by atoms with Crippen molar-refractivity contribution in [2.24, 2.45) is 0 Å². The molecule has 0 aliphatic heterocycles. The molecule has 188 valence electrons. The fourth-order valence-electron chi connectivity index (χ4n) is 3.70. The molecule has 0 aliphatic carbocycles. The van der Waals surface area contributed by atoms with Crippen molar-refractivity contribution in [2.45, 2.75) is 0 Å². The summed E-state index contributed by atoms with van der Waals surface area (Å²) in [7, 11) is 5.67. The predicted octanol–water partition coefficient (Wildman–Crippen LogP) is 4.26. The van der Waals surface area contributed by atoms with Gasteiger partial charge in [0, 0.05) is 12.1 Å². The van der Waals surface area contributed by atoms with E-state index in [9.17, 15) is 14.2 Å². The monoisotopic (exact) mass is 513 g/mol. The lowest BCUT2D eigenvalue weighted by Crippen LogP contribution is -2.17. The summed E-state index contributed by atoms with van der Waals surface area (Å²) >= 11 is 0. The maximum atomic E-state index is 13.8. The fourth-order valence-corrected chi connectivity index (χ4v) is 4.96. The topological polar surface area (TPSA) is 107 Å². The second-order valence-electron chi connectivity index (χ2n) is 7.23. The largest absolute Gasteiger partial charge is 0.496 e. The minimum absolute atomic E-state index is 0.0271. The Balaban J connectivity index is 2.16. The van der Waals surface area contributed by atoms with Crippen LogP contribution in [0.5, 0.6) is 34.5 Å². The number of hydrogen-bond acceptors (Lipinski definition) is 9. The van der Waals surface area contributed by atoms with Gasteiger partial charge < -0.3 is 28.4 Å². The summed E-state index contributed by atoms with van der Waals surface area (Å²) in [6.45, 7) is 0. The standard InChI is InChI=1S/C26H26O9P/c1-30-15-13-19(33-4)22(20(14-15)34-5)26(28)36(29)21-10-8-7-9-16(21)24(27)23-17(31-2)11-12-18(32-3)25(23)35-6/h7-14H,1-6H3/q+1. The fraction of sp³-hybridized carbons (Fsp3) is 0.231. The van der Waals surface area contributed by atoms with E-state index in [-0.39, 0.29) is 45.0 Å².